The maximum Gasteiger partial charge on any atom is 0.434 e. The zero-order chi connectivity index (χ0) is 33.3. The van der Waals surface area contributed by atoms with Gasteiger partial charge in [0.25, 0.3) is 0 Å². The number of imidazole rings is 1. The van der Waals surface area contributed by atoms with E-state index in [1.807, 2.05) is 0 Å². The molecule has 0 saturated heterocycles. The van der Waals surface area contributed by atoms with Crippen molar-refractivity contribution >= 4 is 9.84 Å². The van der Waals surface area contributed by atoms with Gasteiger partial charge in [-0.05, 0) is 60.5 Å². The molecule has 0 aliphatic carbocycles. The molecule has 1 aliphatic rings. The first-order valence-corrected chi connectivity index (χ1v) is 15.8. The van der Waals surface area contributed by atoms with E-state index in [-0.39, 0.29) is 45.5 Å². The third kappa shape index (κ3) is 5.62. The van der Waals surface area contributed by atoms with Gasteiger partial charge in [-0.25, -0.2) is 22.8 Å². The summed E-state index contributed by atoms with van der Waals surface area (Å²) in [5, 5.41) is 9.66. The number of nitrogens with zero attached hydrogens (tertiary/aromatic N) is 3. The first-order chi connectivity index (χ1) is 21.4. The Labute approximate surface area is 261 Å². The molecule has 5 aromatic rings. The van der Waals surface area contributed by atoms with Crippen LogP contribution in [0.4, 0.5) is 17.6 Å². The van der Waals surface area contributed by atoms with Gasteiger partial charge in [0.1, 0.15) is 17.3 Å². The van der Waals surface area contributed by atoms with Gasteiger partial charge in [-0.15, -0.1) is 0 Å². The Kier molecular flexibility index (Phi) is 7.28. The normalized spacial score (nSPS) is 14.2. The molecule has 14 heteroatoms. The Morgan fingerprint density at radius 2 is 1.63 bits per heavy atom. The number of sulfone groups is 1. The minimum atomic E-state index is -4.71. The molecule has 0 bridgehead atoms. The summed E-state index contributed by atoms with van der Waals surface area (Å²) in [6, 6.07) is 12.0. The summed E-state index contributed by atoms with van der Waals surface area (Å²) in [5.74, 6) is -0.334. The van der Waals surface area contributed by atoms with Crippen molar-refractivity contribution in [1.82, 2.24) is 14.5 Å². The van der Waals surface area contributed by atoms with Crippen LogP contribution in [0.25, 0.3) is 39.4 Å². The molecule has 1 N–H and O–H groups in total. The fourth-order valence-corrected chi connectivity index (χ4v) is 6.35. The van der Waals surface area contributed by atoms with Gasteiger partial charge in [-0.2, -0.15) is 13.2 Å². The molecule has 2 aromatic heterocycles. The van der Waals surface area contributed by atoms with Crippen molar-refractivity contribution in [1.29, 1.82) is 0 Å². The van der Waals surface area contributed by atoms with Crippen molar-refractivity contribution in [3.05, 3.63) is 83.5 Å². The largest absolute Gasteiger partial charge is 0.449 e. The zero-order valence-corrected chi connectivity index (χ0v) is 26.0. The van der Waals surface area contributed by atoms with Crippen LogP contribution in [0.15, 0.2) is 64.0 Å². The lowest BCUT2D eigenvalue weighted by molar-refractivity contribution is -0.141. The Balaban J connectivity index is 1.60. The number of ether oxygens (including phenoxy) is 2. The van der Waals surface area contributed by atoms with Crippen molar-refractivity contribution < 1.29 is 45.0 Å². The van der Waals surface area contributed by atoms with Crippen LogP contribution in [-0.4, -0.2) is 40.1 Å². The number of aliphatic hydroxyl groups is 1. The van der Waals surface area contributed by atoms with Crippen molar-refractivity contribution in [3.8, 4) is 50.9 Å². The zero-order valence-electron chi connectivity index (χ0n) is 25.2. The summed E-state index contributed by atoms with van der Waals surface area (Å²) in [6.07, 6.45) is -2.95. The average Bonchev–Trinajstić information content (AvgIpc) is 3.64. The lowest BCUT2D eigenvalue weighted by Gasteiger charge is -2.16. The first kappa shape index (κ1) is 31.3. The number of aliphatic hydroxyl groups excluding tert-OH is 1. The van der Waals surface area contributed by atoms with E-state index < -0.39 is 44.8 Å². The van der Waals surface area contributed by atoms with Crippen molar-refractivity contribution in [2.45, 2.75) is 51.2 Å². The highest BCUT2D eigenvalue weighted by atomic mass is 32.2. The molecule has 6 rings (SSSR count). The Morgan fingerprint density at radius 1 is 0.935 bits per heavy atom. The SMILES string of the molecule is Cc1nc(-c2cc(-c3cc(F)c(CO)c(S(C)(=O)=O)c3)ccc2-n2cc(C(F)(F)F)nc2C)c(-c2ccc3c(c2)OC(C)(C)O3)o1. The number of halogens is 4. The molecule has 0 saturated carbocycles. The molecule has 240 valence electrons. The van der Waals surface area contributed by atoms with Gasteiger partial charge in [0.2, 0.25) is 5.79 Å². The van der Waals surface area contributed by atoms with Crippen LogP contribution in [0.3, 0.4) is 0 Å². The number of hydrogen-bond acceptors (Lipinski definition) is 8. The number of rotatable bonds is 6. The summed E-state index contributed by atoms with van der Waals surface area (Å²) >= 11 is 0. The second kappa shape index (κ2) is 10.7. The van der Waals surface area contributed by atoms with E-state index in [2.05, 4.69) is 9.97 Å². The molecule has 46 heavy (non-hydrogen) atoms. The number of aromatic nitrogens is 3. The molecule has 3 aromatic carbocycles. The quantitative estimate of drug-likeness (QED) is 0.193. The van der Waals surface area contributed by atoms with Crippen LogP contribution in [0.2, 0.25) is 0 Å². The Hall–Kier alpha value is -4.69. The van der Waals surface area contributed by atoms with E-state index in [4.69, 9.17) is 13.9 Å². The highest BCUT2D eigenvalue weighted by molar-refractivity contribution is 7.90. The molecule has 0 spiro atoms. The van der Waals surface area contributed by atoms with Gasteiger partial charge in [-0.1, -0.05) is 6.07 Å². The van der Waals surface area contributed by atoms with Gasteiger partial charge < -0.3 is 23.6 Å². The van der Waals surface area contributed by atoms with E-state index in [0.717, 1.165) is 18.5 Å². The lowest BCUT2D eigenvalue weighted by Crippen LogP contribution is -2.29. The number of benzene rings is 3. The molecule has 0 fully saturated rings. The number of alkyl halides is 3. The highest BCUT2D eigenvalue weighted by Gasteiger charge is 2.35. The Morgan fingerprint density at radius 3 is 2.28 bits per heavy atom. The summed E-state index contributed by atoms with van der Waals surface area (Å²) in [4.78, 5) is 7.90. The third-order valence-electron chi connectivity index (χ3n) is 7.38. The molecule has 1 aliphatic heterocycles. The molecule has 0 atom stereocenters. The topological polar surface area (TPSA) is 117 Å². The highest BCUT2D eigenvalue weighted by Crippen LogP contribution is 2.45. The number of fused-ring (bicyclic) bond motifs is 1. The molecular weight excluding hydrogens is 630 g/mol. The van der Waals surface area contributed by atoms with E-state index in [0.29, 0.717) is 22.6 Å². The smallest absolute Gasteiger partial charge is 0.434 e. The molecule has 9 nitrogen and oxygen atoms in total. The summed E-state index contributed by atoms with van der Waals surface area (Å²) in [7, 11) is -3.95. The molecule has 0 amide bonds. The molecular formula is C32H27F4N3O6S. The standard InChI is InChI=1S/C32H27F4N3O6S/c1-16-37-28(32(34,35)36)14-39(16)24-8-6-18(20-11-23(33)22(15-40)27(13-20)46(5,41)42)10-21(24)29-30(43-17(2)38-29)19-7-9-25-26(12-19)45-31(3,4)44-25/h6-14,40H,15H2,1-5H3. The van der Waals surface area contributed by atoms with Gasteiger partial charge in [-0.3, -0.25) is 0 Å². The van der Waals surface area contributed by atoms with E-state index >= 15 is 4.39 Å². The third-order valence-corrected chi connectivity index (χ3v) is 8.54. The Bertz CT molecular complexity index is 2130. The number of aryl methyl sites for hydroxylation is 2. The fourth-order valence-electron chi connectivity index (χ4n) is 5.40. The van der Waals surface area contributed by atoms with Crippen LogP contribution in [0, 0.1) is 19.7 Å². The second-order valence-electron chi connectivity index (χ2n) is 11.3. The fraction of sp³-hybridized carbons (Fsp3) is 0.250. The second-order valence-corrected chi connectivity index (χ2v) is 13.3. The maximum atomic E-state index is 15.1. The predicted octanol–water partition coefficient (Wildman–Crippen LogP) is 7.04. The predicted molar refractivity (Wildman–Crippen MR) is 159 cm³/mol. The van der Waals surface area contributed by atoms with E-state index in [9.17, 15) is 26.7 Å². The van der Waals surface area contributed by atoms with Gasteiger partial charge in [0.15, 0.2) is 38.7 Å². The minimum Gasteiger partial charge on any atom is -0.449 e. The van der Waals surface area contributed by atoms with Crippen molar-refractivity contribution in [3.63, 3.8) is 0 Å². The van der Waals surface area contributed by atoms with Gasteiger partial charge in [0.05, 0.1) is 17.2 Å². The summed E-state index contributed by atoms with van der Waals surface area (Å²) in [6.45, 7) is 5.69. The lowest BCUT2D eigenvalue weighted by atomic mass is 9.97. The van der Waals surface area contributed by atoms with E-state index in [1.54, 1.807) is 45.0 Å². The summed E-state index contributed by atoms with van der Waals surface area (Å²) < 4.78 is 100. The molecule has 0 unspecified atom stereocenters. The van der Waals surface area contributed by atoms with Crippen molar-refractivity contribution in [2.75, 3.05) is 6.26 Å². The maximum absolute atomic E-state index is 15.1. The van der Waals surface area contributed by atoms with Crippen LogP contribution in [-0.2, 0) is 22.6 Å². The van der Waals surface area contributed by atoms with Crippen LogP contribution < -0.4 is 9.47 Å². The molecule has 3 heterocycles. The van der Waals surface area contributed by atoms with Crippen LogP contribution in [0.1, 0.15) is 36.8 Å². The van der Waals surface area contributed by atoms with Crippen molar-refractivity contribution in [2.24, 2.45) is 0 Å². The van der Waals surface area contributed by atoms with Crippen LogP contribution in [0.5, 0.6) is 11.5 Å². The van der Waals surface area contributed by atoms with Gasteiger partial charge in [0, 0.05) is 49.9 Å². The van der Waals surface area contributed by atoms with E-state index in [1.165, 1.54) is 29.7 Å². The number of hydrogen-bond donors (Lipinski definition) is 1. The monoisotopic (exact) mass is 657 g/mol. The molecule has 0 radical (unpaired) electrons. The van der Waals surface area contributed by atoms with Gasteiger partial charge >= 0.3 is 6.18 Å². The average molecular weight is 658 g/mol. The summed E-state index contributed by atoms with van der Waals surface area (Å²) in [5.41, 5.74) is 0.286. The number of oxazole rings is 1. The first-order valence-electron chi connectivity index (χ1n) is 13.9. The van der Waals surface area contributed by atoms with Crippen LogP contribution >= 0.6 is 0 Å². The minimum absolute atomic E-state index is 0.0334.